The molecule has 2 rings (SSSR count). The second-order valence-corrected chi connectivity index (χ2v) is 9.80. The van der Waals surface area contributed by atoms with Crippen molar-refractivity contribution in [2.24, 2.45) is 11.8 Å². The van der Waals surface area contributed by atoms with Gasteiger partial charge in [0.25, 0.3) is 15.9 Å². The highest BCUT2D eigenvalue weighted by molar-refractivity contribution is 7.89. The van der Waals surface area contributed by atoms with Gasteiger partial charge in [0.2, 0.25) is 0 Å². The fraction of sp³-hybridized carbons (Fsp3) is 0.650. The van der Waals surface area contributed by atoms with E-state index in [-0.39, 0.29) is 16.8 Å². The predicted octanol–water partition coefficient (Wildman–Crippen LogP) is 2.35. The standard InChI is InChI=1S/C20H33N3O4S/c1-15(2)19(23-11-9-16(3)10-12-23)14-21-20(24)17-7-6-8-18(13-17)28(25,26)22(4)27-5/h6-8,13,15-16,19H,9-12,14H2,1-5H3,(H,21,24). The molecule has 1 amide bonds. The number of amides is 1. The smallest absolute Gasteiger partial charge is 0.264 e. The molecule has 1 fully saturated rings. The van der Waals surface area contributed by atoms with Gasteiger partial charge in [-0.05, 0) is 56.0 Å². The normalized spacial score (nSPS) is 17.8. The molecule has 1 unspecified atom stereocenters. The summed E-state index contributed by atoms with van der Waals surface area (Å²) < 4.78 is 25.6. The van der Waals surface area contributed by atoms with Gasteiger partial charge in [-0.15, -0.1) is 0 Å². The highest BCUT2D eigenvalue weighted by Gasteiger charge is 2.26. The van der Waals surface area contributed by atoms with Crippen LogP contribution in [-0.4, -0.2) is 63.5 Å². The molecule has 0 bridgehead atoms. The summed E-state index contributed by atoms with van der Waals surface area (Å²) in [6, 6.07) is 6.29. The fourth-order valence-corrected chi connectivity index (χ4v) is 4.51. The summed E-state index contributed by atoms with van der Waals surface area (Å²) in [7, 11) is -1.20. The Balaban J connectivity index is 2.07. The number of hydrogen-bond acceptors (Lipinski definition) is 5. The van der Waals surface area contributed by atoms with E-state index >= 15 is 0 Å². The summed E-state index contributed by atoms with van der Waals surface area (Å²) in [5, 5.41) is 2.99. The van der Waals surface area contributed by atoms with Crippen LogP contribution in [0, 0.1) is 11.8 Å². The zero-order valence-electron chi connectivity index (χ0n) is 17.5. The number of nitrogens with one attached hydrogen (secondary N) is 1. The quantitative estimate of drug-likeness (QED) is 0.665. The van der Waals surface area contributed by atoms with Crippen LogP contribution in [0.25, 0.3) is 0 Å². The molecule has 1 saturated heterocycles. The molecule has 0 saturated carbocycles. The number of benzene rings is 1. The molecule has 1 aliphatic heterocycles. The molecular formula is C20H33N3O4S. The van der Waals surface area contributed by atoms with Crippen LogP contribution in [0.15, 0.2) is 29.2 Å². The minimum Gasteiger partial charge on any atom is -0.350 e. The zero-order valence-corrected chi connectivity index (χ0v) is 18.3. The van der Waals surface area contributed by atoms with Crippen LogP contribution in [0.3, 0.4) is 0 Å². The lowest BCUT2D eigenvalue weighted by atomic mass is 9.94. The van der Waals surface area contributed by atoms with Gasteiger partial charge in [-0.2, -0.15) is 0 Å². The van der Waals surface area contributed by atoms with Gasteiger partial charge in [0.1, 0.15) is 0 Å². The number of rotatable bonds is 8. The topological polar surface area (TPSA) is 78.9 Å². The van der Waals surface area contributed by atoms with Crippen LogP contribution in [0.4, 0.5) is 0 Å². The Morgan fingerprint density at radius 1 is 1.32 bits per heavy atom. The Kier molecular flexibility index (Phi) is 8.00. The third-order valence-corrected chi connectivity index (χ3v) is 7.19. The van der Waals surface area contributed by atoms with E-state index in [0.29, 0.717) is 18.0 Å². The molecule has 1 aromatic rings. The van der Waals surface area contributed by atoms with Crippen molar-refractivity contribution in [1.29, 1.82) is 0 Å². The average molecular weight is 412 g/mol. The van der Waals surface area contributed by atoms with E-state index in [1.54, 1.807) is 12.1 Å². The summed E-state index contributed by atoms with van der Waals surface area (Å²) >= 11 is 0. The molecule has 0 spiro atoms. The molecule has 0 aromatic heterocycles. The molecule has 1 N–H and O–H groups in total. The molecule has 1 aromatic carbocycles. The van der Waals surface area contributed by atoms with Gasteiger partial charge in [-0.1, -0.05) is 31.3 Å². The third kappa shape index (κ3) is 5.53. The molecule has 0 radical (unpaired) electrons. The van der Waals surface area contributed by atoms with E-state index in [9.17, 15) is 13.2 Å². The molecule has 158 valence electrons. The summed E-state index contributed by atoms with van der Waals surface area (Å²) in [4.78, 5) is 19.9. The number of sulfonamides is 1. The van der Waals surface area contributed by atoms with Crippen molar-refractivity contribution in [3.05, 3.63) is 29.8 Å². The lowest BCUT2D eigenvalue weighted by molar-refractivity contribution is -0.0258. The van der Waals surface area contributed by atoms with Gasteiger partial charge in [-0.25, -0.2) is 8.42 Å². The first-order chi connectivity index (χ1) is 13.2. The van der Waals surface area contributed by atoms with Crippen LogP contribution >= 0.6 is 0 Å². The van der Waals surface area contributed by atoms with Gasteiger partial charge in [0.05, 0.1) is 12.0 Å². The second-order valence-electron chi connectivity index (χ2n) is 7.87. The highest BCUT2D eigenvalue weighted by Crippen LogP contribution is 2.21. The molecule has 0 aliphatic carbocycles. The van der Waals surface area contributed by atoms with Gasteiger partial charge >= 0.3 is 0 Å². The lowest BCUT2D eigenvalue weighted by Gasteiger charge is -2.38. The average Bonchev–Trinajstić information content (AvgIpc) is 2.68. The van der Waals surface area contributed by atoms with Crippen LogP contribution in [-0.2, 0) is 14.9 Å². The number of piperidine rings is 1. The Morgan fingerprint density at radius 2 is 1.96 bits per heavy atom. The van der Waals surface area contributed by atoms with Crippen LogP contribution in [0.1, 0.15) is 44.0 Å². The summed E-state index contributed by atoms with van der Waals surface area (Å²) in [6.07, 6.45) is 2.37. The van der Waals surface area contributed by atoms with E-state index in [1.807, 2.05) is 0 Å². The fourth-order valence-electron chi connectivity index (χ4n) is 3.49. The number of nitrogens with zero attached hydrogens (tertiary/aromatic N) is 2. The molecule has 28 heavy (non-hydrogen) atoms. The molecule has 1 aliphatic rings. The van der Waals surface area contributed by atoms with Crippen LogP contribution in [0.5, 0.6) is 0 Å². The van der Waals surface area contributed by atoms with Crippen molar-refractivity contribution in [2.75, 3.05) is 33.8 Å². The summed E-state index contributed by atoms with van der Waals surface area (Å²) in [5.74, 6) is 0.900. The maximum absolute atomic E-state index is 12.7. The maximum atomic E-state index is 12.7. The molecule has 8 heteroatoms. The SMILES string of the molecule is CON(C)S(=O)(=O)c1cccc(C(=O)NCC(C(C)C)N2CCC(C)CC2)c1. The first-order valence-electron chi connectivity index (χ1n) is 9.82. The van der Waals surface area contributed by atoms with E-state index in [4.69, 9.17) is 4.84 Å². The monoisotopic (exact) mass is 411 g/mol. The second kappa shape index (κ2) is 9.82. The number of carbonyl (C=O) groups is 1. The van der Waals surface area contributed by atoms with E-state index in [1.165, 1.54) is 39.1 Å². The Hall–Kier alpha value is -1.48. The number of hydrogen-bond donors (Lipinski definition) is 1. The summed E-state index contributed by atoms with van der Waals surface area (Å²) in [5.41, 5.74) is 0.320. The van der Waals surface area contributed by atoms with Crippen molar-refractivity contribution < 1.29 is 18.0 Å². The zero-order chi connectivity index (χ0) is 20.9. The third-order valence-electron chi connectivity index (χ3n) is 5.52. The first-order valence-corrected chi connectivity index (χ1v) is 11.3. The van der Waals surface area contributed by atoms with Gasteiger partial charge in [0.15, 0.2) is 0 Å². The Morgan fingerprint density at radius 3 is 2.54 bits per heavy atom. The predicted molar refractivity (Wildman–Crippen MR) is 109 cm³/mol. The molecule has 1 heterocycles. The molecular weight excluding hydrogens is 378 g/mol. The minimum atomic E-state index is -3.79. The van der Waals surface area contributed by atoms with Gasteiger partial charge in [-0.3, -0.25) is 14.5 Å². The molecule has 1 atom stereocenters. The minimum absolute atomic E-state index is 0.0231. The van der Waals surface area contributed by atoms with Crippen LogP contribution in [0.2, 0.25) is 0 Å². The van der Waals surface area contributed by atoms with Crippen molar-refractivity contribution >= 4 is 15.9 Å². The summed E-state index contributed by atoms with van der Waals surface area (Å²) in [6.45, 7) is 9.27. The Labute approximate surface area is 169 Å². The van der Waals surface area contributed by atoms with Gasteiger partial charge < -0.3 is 5.32 Å². The first kappa shape index (κ1) is 22.8. The largest absolute Gasteiger partial charge is 0.350 e. The van der Waals surface area contributed by atoms with E-state index in [2.05, 4.69) is 31.0 Å². The lowest BCUT2D eigenvalue weighted by Crippen LogP contribution is -2.49. The van der Waals surface area contributed by atoms with E-state index < -0.39 is 10.0 Å². The number of carbonyl (C=O) groups excluding carboxylic acids is 1. The van der Waals surface area contributed by atoms with E-state index in [0.717, 1.165) is 23.5 Å². The highest BCUT2D eigenvalue weighted by atomic mass is 32.2. The van der Waals surface area contributed by atoms with Crippen molar-refractivity contribution in [3.63, 3.8) is 0 Å². The number of hydroxylamine groups is 1. The number of likely N-dealkylation sites (tertiary alicyclic amines) is 1. The van der Waals surface area contributed by atoms with Crippen molar-refractivity contribution in [3.8, 4) is 0 Å². The van der Waals surface area contributed by atoms with Gasteiger partial charge in [0, 0.05) is 25.2 Å². The Bertz CT molecular complexity index is 758. The van der Waals surface area contributed by atoms with Crippen LogP contribution < -0.4 is 5.32 Å². The van der Waals surface area contributed by atoms with Crippen molar-refractivity contribution in [1.82, 2.24) is 14.7 Å². The maximum Gasteiger partial charge on any atom is 0.264 e. The van der Waals surface area contributed by atoms with Crippen molar-refractivity contribution in [2.45, 2.75) is 44.6 Å². The molecule has 7 nitrogen and oxygen atoms in total.